The van der Waals surface area contributed by atoms with E-state index in [1.54, 1.807) is 0 Å². The molecule has 2 N–H and O–H groups in total. The molecule has 0 aliphatic carbocycles. The molecule has 0 unspecified atom stereocenters. The maximum atomic E-state index is 5.84. The third-order valence-electron chi connectivity index (χ3n) is 3.34. The molecule has 0 aromatic heterocycles. The maximum absolute atomic E-state index is 5.84. The van der Waals surface area contributed by atoms with Crippen LogP contribution in [0.15, 0.2) is 18.2 Å². The Bertz CT molecular complexity index is 360. The summed E-state index contributed by atoms with van der Waals surface area (Å²) >= 11 is 0. The number of hydrogen-bond donors (Lipinski definition) is 1. The van der Waals surface area contributed by atoms with E-state index in [4.69, 9.17) is 4.74 Å². The molecule has 102 valence electrons. The van der Waals surface area contributed by atoms with Gasteiger partial charge in [0.25, 0.3) is 0 Å². The Morgan fingerprint density at radius 1 is 1.17 bits per heavy atom. The summed E-state index contributed by atoms with van der Waals surface area (Å²) in [5, 5.41) is 2.35. The second-order valence-electron chi connectivity index (χ2n) is 5.49. The SMILES string of the molecule is CC[C@H](C)[NH2+]CCOc1cc(C)cc(C(C)C)c1. The molecule has 0 radical (unpaired) electrons. The lowest BCUT2D eigenvalue weighted by atomic mass is 10.0. The molecule has 1 aromatic carbocycles. The Labute approximate surface area is 112 Å². The zero-order valence-corrected chi connectivity index (χ0v) is 12.5. The Morgan fingerprint density at radius 2 is 1.89 bits per heavy atom. The van der Waals surface area contributed by atoms with E-state index in [-0.39, 0.29) is 0 Å². The zero-order chi connectivity index (χ0) is 13.5. The van der Waals surface area contributed by atoms with Crippen molar-refractivity contribution in [2.75, 3.05) is 13.2 Å². The zero-order valence-electron chi connectivity index (χ0n) is 12.5. The van der Waals surface area contributed by atoms with E-state index >= 15 is 0 Å². The molecule has 0 saturated heterocycles. The monoisotopic (exact) mass is 250 g/mol. The van der Waals surface area contributed by atoms with Crippen molar-refractivity contribution in [3.05, 3.63) is 29.3 Å². The molecule has 1 aromatic rings. The molecule has 0 bridgehead atoms. The first-order valence-corrected chi connectivity index (χ1v) is 7.10. The Kier molecular flexibility index (Phi) is 6.20. The van der Waals surface area contributed by atoms with Crippen LogP contribution < -0.4 is 10.1 Å². The van der Waals surface area contributed by atoms with Gasteiger partial charge in [0.2, 0.25) is 0 Å². The van der Waals surface area contributed by atoms with Crippen molar-refractivity contribution in [2.24, 2.45) is 0 Å². The molecule has 1 rings (SSSR count). The quantitative estimate of drug-likeness (QED) is 0.740. The summed E-state index contributed by atoms with van der Waals surface area (Å²) in [6, 6.07) is 7.22. The van der Waals surface area contributed by atoms with Crippen molar-refractivity contribution in [1.29, 1.82) is 0 Å². The summed E-state index contributed by atoms with van der Waals surface area (Å²) in [5.74, 6) is 1.56. The second-order valence-corrected chi connectivity index (χ2v) is 5.49. The molecule has 2 heteroatoms. The second kappa shape index (κ2) is 7.42. The normalized spacial score (nSPS) is 12.8. The maximum Gasteiger partial charge on any atom is 0.137 e. The van der Waals surface area contributed by atoms with Crippen molar-refractivity contribution in [3.8, 4) is 5.75 Å². The van der Waals surface area contributed by atoms with Crippen molar-refractivity contribution < 1.29 is 10.1 Å². The average molecular weight is 250 g/mol. The minimum Gasteiger partial charge on any atom is -0.488 e. The molecule has 0 saturated carbocycles. The molecule has 0 aliphatic rings. The molecule has 0 fully saturated rings. The number of rotatable bonds is 7. The highest BCUT2D eigenvalue weighted by Crippen LogP contribution is 2.22. The summed E-state index contributed by atoms with van der Waals surface area (Å²) in [4.78, 5) is 0. The fraction of sp³-hybridized carbons (Fsp3) is 0.625. The van der Waals surface area contributed by atoms with Gasteiger partial charge in [0.15, 0.2) is 0 Å². The molecule has 0 spiro atoms. The number of aryl methyl sites for hydroxylation is 1. The van der Waals surface area contributed by atoms with Crippen LogP contribution in [0.1, 0.15) is 51.2 Å². The van der Waals surface area contributed by atoms with Crippen LogP contribution in [0.25, 0.3) is 0 Å². The Balaban J connectivity index is 2.47. The van der Waals surface area contributed by atoms with E-state index in [1.807, 2.05) is 0 Å². The van der Waals surface area contributed by atoms with Crippen LogP contribution in [0.5, 0.6) is 5.75 Å². The first-order chi connectivity index (χ1) is 8.52. The van der Waals surface area contributed by atoms with Gasteiger partial charge in [0.05, 0.1) is 6.04 Å². The van der Waals surface area contributed by atoms with Gasteiger partial charge in [-0.1, -0.05) is 26.8 Å². The first-order valence-electron chi connectivity index (χ1n) is 7.10. The molecule has 1 atom stereocenters. The summed E-state index contributed by atoms with van der Waals surface area (Å²) in [6.45, 7) is 12.8. The smallest absolute Gasteiger partial charge is 0.137 e. The number of hydrogen-bond acceptors (Lipinski definition) is 1. The largest absolute Gasteiger partial charge is 0.488 e. The first kappa shape index (κ1) is 15.0. The number of quaternary nitrogens is 1. The fourth-order valence-electron chi connectivity index (χ4n) is 1.89. The van der Waals surface area contributed by atoms with Crippen molar-refractivity contribution in [1.82, 2.24) is 0 Å². The van der Waals surface area contributed by atoms with Gasteiger partial charge in [0.1, 0.15) is 18.9 Å². The van der Waals surface area contributed by atoms with Crippen LogP contribution in [-0.2, 0) is 0 Å². The van der Waals surface area contributed by atoms with Gasteiger partial charge >= 0.3 is 0 Å². The summed E-state index contributed by atoms with van der Waals surface area (Å²) in [6.07, 6.45) is 1.21. The summed E-state index contributed by atoms with van der Waals surface area (Å²) in [5.41, 5.74) is 2.64. The van der Waals surface area contributed by atoms with Crippen LogP contribution in [0.3, 0.4) is 0 Å². The van der Waals surface area contributed by atoms with Crippen LogP contribution >= 0.6 is 0 Å². The molecule has 0 amide bonds. The van der Waals surface area contributed by atoms with Crippen molar-refractivity contribution >= 4 is 0 Å². The van der Waals surface area contributed by atoms with Gasteiger partial charge in [0, 0.05) is 0 Å². The highest BCUT2D eigenvalue weighted by Gasteiger charge is 2.04. The Hall–Kier alpha value is -1.02. The lowest BCUT2D eigenvalue weighted by Gasteiger charge is -2.12. The topological polar surface area (TPSA) is 25.8 Å². The number of ether oxygens (including phenoxy) is 1. The fourth-order valence-corrected chi connectivity index (χ4v) is 1.89. The number of benzene rings is 1. The third-order valence-corrected chi connectivity index (χ3v) is 3.34. The van der Waals surface area contributed by atoms with E-state index < -0.39 is 0 Å². The minimum atomic E-state index is 0.555. The highest BCUT2D eigenvalue weighted by atomic mass is 16.5. The highest BCUT2D eigenvalue weighted by molar-refractivity contribution is 5.35. The lowest BCUT2D eigenvalue weighted by Crippen LogP contribution is -2.90. The van der Waals surface area contributed by atoms with Gasteiger partial charge in [-0.25, -0.2) is 0 Å². The lowest BCUT2D eigenvalue weighted by molar-refractivity contribution is -0.686. The van der Waals surface area contributed by atoms with Gasteiger partial charge in [-0.15, -0.1) is 0 Å². The van der Waals surface area contributed by atoms with E-state index in [9.17, 15) is 0 Å². The summed E-state index contributed by atoms with van der Waals surface area (Å²) < 4.78 is 5.84. The van der Waals surface area contributed by atoms with Crippen molar-refractivity contribution in [2.45, 2.75) is 53.0 Å². The van der Waals surface area contributed by atoms with E-state index in [0.717, 1.165) is 18.9 Å². The third kappa shape index (κ3) is 5.09. The van der Waals surface area contributed by atoms with Gasteiger partial charge in [-0.3, -0.25) is 0 Å². The van der Waals surface area contributed by atoms with Crippen LogP contribution in [0.4, 0.5) is 0 Å². The average Bonchev–Trinajstić information content (AvgIpc) is 2.33. The number of nitrogens with two attached hydrogens (primary N) is 1. The molecular weight excluding hydrogens is 222 g/mol. The standard InChI is InChI=1S/C16H27NO/c1-6-14(5)17-7-8-18-16-10-13(4)9-15(11-16)12(2)3/h9-12,14,17H,6-8H2,1-5H3/p+1/t14-/m0/s1. The predicted octanol–water partition coefficient (Wildman–Crippen LogP) is 2.86. The van der Waals surface area contributed by atoms with Crippen LogP contribution in [0.2, 0.25) is 0 Å². The van der Waals surface area contributed by atoms with Gasteiger partial charge < -0.3 is 10.1 Å². The Morgan fingerprint density at radius 3 is 2.50 bits per heavy atom. The van der Waals surface area contributed by atoms with E-state index in [2.05, 4.69) is 58.1 Å². The molecule has 0 heterocycles. The van der Waals surface area contributed by atoms with Gasteiger partial charge in [-0.05, 0) is 49.4 Å². The summed E-state index contributed by atoms with van der Waals surface area (Å²) in [7, 11) is 0. The minimum absolute atomic E-state index is 0.555. The molecule has 0 aliphatic heterocycles. The predicted molar refractivity (Wildman–Crippen MR) is 77.3 cm³/mol. The molecule has 18 heavy (non-hydrogen) atoms. The van der Waals surface area contributed by atoms with Crippen molar-refractivity contribution in [3.63, 3.8) is 0 Å². The van der Waals surface area contributed by atoms with Crippen LogP contribution in [-0.4, -0.2) is 19.2 Å². The van der Waals surface area contributed by atoms with Crippen LogP contribution in [0, 0.1) is 6.92 Å². The molecular formula is C16H28NO+. The van der Waals surface area contributed by atoms with Gasteiger partial charge in [-0.2, -0.15) is 0 Å². The van der Waals surface area contributed by atoms with E-state index in [1.165, 1.54) is 17.5 Å². The molecule has 2 nitrogen and oxygen atoms in total. The van der Waals surface area contributed by atoms with E-state index in [0.29, 0.717) is 12.0 Å².